The molecule has 0 radical (unpaired) electrons. The number of methoxy groups -OCH3 is 1. The number of carbonyl (C=O) groups is 3. The Morgan fingerprint density at radius 2 is 1.68 bits per heavy atom. The lowest BCUT2D eigenvalue weighted by atomic mass is 9.96. The first kappa shape index (κ1) is 22.4. The zero-order chi connectivity index (χ0) is 23.7. The van der Waals surface area contributed by atoms with Crippen molar-refractivity contribution in [3.05, 3.63) is 65.7 Å². The SMILES string of the molecule is COc1cccc(C(=O)N2CCC3(CC2)OCC(C(=O)NC2CC2)N3C(=O)c2ccccc2)c1. The topological polar surface area (TPSA) is 88.2 Å². The van der Waals surface area contributed by atoms with E-state index >= 15 is 0 Å². The molecule has 2 aliphatic heterocycles. The summed E-state index contributed by atoms with van der Waals surface area (Å²) in [5.41, 5.74) is 0.164. The Bertz CT molecular complexity index is 1080. The van der Waals surface area contributed by atoms with Crippen molar-refractivity contribution in [2.24, 2.45) is 0 Å². The first-order chi connectivity index (χ1) is 16.5. The van der Waals surface area contributed by atoms with Gasteiger partial charge in [0.05, 0.1) is 13.7 Å². The number of hydrogen-bond acceptors (Lipinski definition) is 5. The number of piperidine rings is 1. The molecular formula is C26H29N3O5. The summed E-state index contributed by atoms with van der Waals surface area (Å²) in [5, 5.41) is 3.02. The van der Waals surface area contributed by atoms with Crippen molar-refractivity contribution in [1.29, 1.82) is 0 Å². The zero-order valence-electron chi connectivity index (χ0n) is 19.2. The van der Waals surface area contributed by atoms with E-state index in [-0.39, 0.29) is 30.4 Å². The molecule has 2 aromatic carbocycles. The van der Waals surface area contributed by atoms with Crippen molar-refractivity contribution in [2.75, 3.05) is 26.8 Å². The van der Waals surface area contributed by atoms with Gasteiger partial charge in [-0.05, 0) is 43.2 Å². The van der Waals surface area contributed by atoms with E-state index in [1.807, 2.05) is 18.2 Å². The highest BCUT2D eigenvalue weighted by Crippen LogP contribution is 2.39. The number of hydrogen-bond donors (Lipinski definition) is 1. The van der Waals surface area contributed by atoms with Crippen LogP contribution in [0.4, 0.5) is 0 Å². The lowest BCUT2D eigenvalue weighted by Crippen LogP contribution is -2.60. The van der Waals surface area contributed by atoms with E-state index in [0.717, 1.165) is 12.8 Å². The van der Waals surface area contributed by atoms with Gasteiger partial charge in [0, 0.05) is 43.1 Å². The van der Waals surface area contributed by atoms with E-state index in [1.165, 1.54) is 0 Å². The van der Waals surface area contributed by atoms with Gasteiger partial charge in [0.15, 0.2) is 0 Å². The van der Waals surface area contributed by atoms with Crippen LogP contribution >= 0.6 is 0 Å². The van der Waals surface area contributed by atoms with Gasteiger partial charge in [0.2, 0.25) is 5.91 Å². The summed E-state index contributed by atoms with van der Waals surface area (Å²) in [6.45, 7) is 0.998. The van der Waals surface area contributed by atoms with E-state index < -0.39 is 11.8 Å². The third-order valence-electron chi connectivity index (χ3n) is 6.88. The summed E-state index contributed by atoms with van der Waals surface area (Å²) in [6, 6.07) is 15.6. The summed E-state index contributed by atoms with van der Waals surface area (Å²) in [7, 11) is 1.57. The number of rotatable bonds is 5. The van der Waals surface area contributed by atoms with Crippen LogP contribution in [0.5, 0.6) is 5.75 Å². The lowest BCUT2D eigenvalue weighted by molar-refractivity contribution is -0.128. The highest BCUT2D eigenvalue weighted by Gasteiger charge is 2.54. The molecule has 178 valence electrons. The van der Waals surface area contributed by atoms with Gasteiger partial charge in [-0.15, -0.1) is 0 Å². The number of amides is 3. The number of nitrogens with one attached hydrogen (secondary N) is 1. The van der Waals surface area contributed by atoms with Gasteiger partial charge in [0.1, 0.15) is 17.5 Å². The standard InChI is InChI=1S/C26H29N3O5/c1-33-21-9-5-8-19(16-21)24(31)28-14-12-26(13-15-28)29(25(32)18-6-3-2-4-7-18)22(17-34-26)23(30)27-20-10-11-20/h2-9,16,20,22H,10-15,17H2,1H3,(H,27,30). The van der Waals surface area contributed by atoms with Gasteiger partial charge in [-0.25, -0.2) is 0 Å². The zero-order valence-corrected chi connectivity index (χ0v) is 19.2. The first-order valence-electron chi connectivity index (χ1n) is 11.8. The highest BCUT2D eigenvalue weighted by molar-refractivity contribution is 5.98. The minimum Gasteiger partial charge on any atom is -0.497 e. The first-order valence-corrected chi connectivity index (χ1v) is 11.8. The predicted octanol–water partition coefficient (Wildman–Crippen LogP) is 2.45. The van der Waals surface area contributed by atoms with Crippen LogP contribution < -0.4 is 10.1 Å². The molecule has 1 unspecified atom stereocenters. The van der Waals surface area contributed by atoms with E-state index in [2.05, 4.69) is 5.32 Å². The van der Waals surface area contributed by atoms with Gasteiger partial charge in [0.25, 0.3) is 11.8 Å². The van der Waals surface area contributed by atoms with Crippen molar-refractivity contribution in [1.82, 2.24) is 15.1 Å². The van der Waals surface area contributed by atoms with Crippen molar-refractivity contribution in [2.45, 2.75) is 43.5 Å². The van der Waals surface area contributed by atoms with Crippen LogP contribution in [0.25, 0.3) is 0 Å². The predicted molar refractivity (Wildman–Crippen MR) is 124 cm³/mol. The molecule has 0 aromatic heterocycles. The fourth-order valence-corrected chi connectivity index (χ4v) is 4.81. The number of nitrogens with zero attached hydrogens (tertiary/aromatic N) is 2. The molecular weight excluding hydrogens is 434 g/mol. The van der Waals surface area contributed by atoms with E-state index in [1.54, 1.807) is 53.3 Å². The van der Waals surface area contributed by atoms with Crippen molar-refractivity contribution >= 4 is 17.7 Å². The Morgan fingerprint density at radius 3 is 2.35 bits per heavy atom. The third kappa shape index (κ3) is 4.25. The molecule has 8 heteroatoms. The molecule has 1 atom stereocenters. The van der Waals surface area contributed by atoms with Crippen LogP contribution in [0.2, 0.25) is 0 Å². The van der Waals surface area contributed by atoms with Gasteiger partial charge in [-0.2, -0.15) is 0 Å². The summed E-state index contributed by atoms with van der Waals surface area (Å²) in [5.74, 6) is 0.151. The molecule has 34 heavy (non-hydrogen) atoms. The number of likely N-dealkylation sites (tertiary alicyclic amines) is 1. The third-order valence-corrected chi connectivity index (χ3v) is 6.88. The normalized spacial score (nSPS) is 21.4. The van der Waals surface area contributed by atoms with E-state index in [9.17, 15) is 14.4 Å². The molecule has 3 amide bonds. The molecule has 1 saturated carbocycles. The summed E-state index contributed by atoms with van der Waals surface area (Å²) >= 11 is 0. The number of ether oxygens (including phenoxy) is 2. The maximum absolute atomic E-state index is 13.6. The second kappa shape index (κ2) is 9.10. The minimum absolute atomic E-state index is 0.0873. The van der Waals surface area contributed by atoms with Crippen LogP contribution in [0.3, 0.4) is 0 Å². The Labute approximate surface area is 198 Å². The lowest BCUT2D eigenvalue weighted by Gasteiger charge is -2.44. The maximum Gasteiger partial charge on any atom is 0.256 e. The van der Waals surface area contributed by atoms with E-state index in [0.29, 0.717) is 42.8 Å². The second-order valence-electron chi connectivity index (χ2n) is 9.12. The molecule has 0 bridgehead atoms. The quantitative estimate of drug-likeness (QED) is 0.736. The summed E-state index contributed by atoms with van der Waals surface area (Å²) < 4.78 is 11.5. The molecule has 5 rings (SSSR count). The van der Waals surface area contributed by atoms with Crippen molar-refractivity contribution in [3.8, 4) is 5.75 Å². The number of benzene rings is 2. The number of carbonyl (C=O) groups excluding carboxylic acids is 3. The molecule has 1 aliphatic carbocycles. The van der Waals surface area contributed by atoms with Crippen LogP contribution in [-0.4, -0.2) is 72.1 Å². The van der Waals surface area contributed by atoms with Gasteiger partial charge >= 0.3 is 0 Å². The van der Waals surface area contributed by atoms with Crippen LogP contribution in [0.1, 0.15) is 46.4 Å². The Balaban J connectivity index is 1.36. The average molecular weight is 464 g/mol. The Kier molecular flexibility index (Phi) is 6.00. The van der Waals surface area contributed by atoms with Crippen molar-refractivity contribution in [3.63, 3.8) is 0 Å². The van der Waals surface area contributed by atoms with Crippen LogP contribution in [0, 0.1) is 0 Å². The molecule has 2 aromatic rings. The molecule has 8 nitrogen and oxygen atoms in total. The van der Waals surface area contributed by atoms with Gasteiger partial charge < -0.3 is 19.7 Å². The maximum atomic E-state index is 13.6. The van der Waals surface area contributed by atoms with Crippen molar-refractivity contribution < 1.29 is 23.9 Å². The molecule has 2 heterocycles. The fraction of sp³-hybridized carbons (Fsp3) is 0.423. The Hall–Kier alpha value is -3.39. The average Bonchev–Trinajstić information content (AvgIpc) is 3.63. The molecule has 1 N–H and O–H groups in total. The van der Waals surface area contributed by atoms with Crippen LogP contribution in [0.15, 0.2) is 54.6 Å². The molecule has 3 fully saturated rings. The van der Waals surface area contributed by atoms with Crippen LogP contribution in [-0.2, 0) is 9.53 Å². The molecule has 1 spiro atoms. The summed E-state index contributed by atoms with van der Waals surface area (Å²) in [4.78, 5) is 43.1. The second-order valence-corrected chi connectivity index (χ2v) is 9.12. The Morgan fingerprint density at radius 1 is 0.971 bits per heavy atom. The summed E-state index contributed by atoms with van der Waals surface area (Å²) in [6.07, 6.45) is 2.82. The highest BCUT2D eigenvalue weighted by atomic mass is 16.5. The molecule has 3 aliphatic rings. The molecule has 2 saturated heterocycles. The van der Waals surface area contributed by atoms with Gasteiger partial charge in [-0.1, -0.05) is 24.3 Å². The largest absolute Gasteiger partial charge is 0.497 e. The monoisotopic (exact) mass is 463 g/mol. The van der Waals surface area contributed by atoms with Gasteiger partial charge in [-0.3, -0.25) is 19.3 Å². The smallest absolute Gasteiger partial charge is 0.256 e. The fourth-order valence-electron chi connectivity index (χ4n) is 4.81. The minimum atomic E-state index is -0.913. The van der Waals surface area contributed by atoms with E-state index in [4.69, 9.17) is 9.47 Å².